The maximum absolute atomic E-state index is 12.2. The van der Waals surface area contributed by atoms with Crippen LogP contribution in [0.3, 0.4) is 0 Å². The van der Waals surface area contributed by atoms with Crippen LogP contribution >= 0.6 is 0 Å². The smallest absolute Gasteiger partial charge is 0.164 e. The summed E-state index contributed by atoms with van der Waals surface area (Å²) in [4.78, 5) is 23.7. The Morgan fingerprint density at radius 3 is 1.80 bits per heavy atom. The second-order valence-electron chi connectivity index (χ2n) is 5.87. The molecule has 0 radical (unpaired) electrons. The largest absolute Gasteiger partial charge is 0.508 e. The van der Waals surface area contributed by atoms with Gasteiger partial charge in [-0.1, -0.05) is 18.7 Å². The highest BCUT2D eigenvalue weighted by Crippen LogP contribution is 2.30. The van der Waals surface area contributed by atoms with Crippen LogP contribution in [0.1, 0.15) is 28.7 Å². The molecule has 25 heavy (non-hydrogen) atoms. The van der Waals surface area contributed by atoms with Crippen molar-refractivity contribution in [3.63, 3.8) is 0 Å². The normalized spacial score (nSPS) is 10.2. The Labute approximate surface area is 146 Å². The molecular formula is C21H20O4. The fourth-order valence-electron chi connectivity index (χ4n) is 2.44. The Hall–Kier alpha value is -3.14. The minimum Gasteiger partial charge on any atom is -0.508 e. The van der Waals surface area contributed by atoms with Crippen LogP contribution in [-0.2, 0) is 9.59 Å². The van der Waals surface area contributed by atoms with Crippen LogP contribution in [-0.4, -0.2) is 21.8 Å². The molecule has 0 amide bonds. The van der Waals surface area contributed by atoms with Crippen molar-refractivity contribution in [1.82, 2.24) is 0 Å². The van der Waals surface area contributed by atoms with E-state index in [2.05, 4.69) is 6.58 Å². The number of ketones is 2. The first-order valence-corrected chi connectivity index (χ1v) is 7.81. The predicted octanol–water partition coefficient (Wildman–Crippen LogP) is 3.86. The third-order valence-corrected chi connectivity index (χ3v) is 3.90. The van der Waals surface area contributed by atoms with E-state index in [9.17, 15) is 19.8 Å². The number of phenols is 2. The van der Waals surface area contributed by atoms with Crippen LogP contribution in [0.25, 0.3) is 5.57 Å². The van der Waals surface area contributed by atoms with Gasteiger partial charge in [0.15, 0.2) is 11.6 Å². The first-order chi connectivity index (χ1) is 11.8. The van der Waals surface area contributed by atoms with Crippen LogP contribution in [0.5, 0.6) is 11.5 Å². The van der Waals surface area contributed by atoms with E-state index in [1.807, 2.05) is 0 Å². The molecule has 128 valence electrons. The summed E-state index contributed by atoms with van der Waals surface area (Å²) in [5, 5.41) is 19.5. The van der Waals surface area contributed by atoms with Crippen molar-refractivity contribution in [2.45, 2.75) is 20.3 Å². The van der Waals surface area contributed by atoms with Crippen molar-refractivity contribution in [3.05, 3.63) is 77.4 Å². The molecule has 0 aliphatic carbocycles. The highest BCUT2D eigenvalue weighted by Gasteiger charge is 2.12. The average Bonchev–Trinajstić information content (AvgIpc) is 2.57. The first-order valence-electron chi connectivity index (χ1n) is 7.81. The number of carbonyl (C=O) groups excluding carboxylic acids is 2. The summed E-state index contributed by atoms with van der Waals surface area (Å²) >= 11 is 0. The van der Waals surface area contributed by atoms with Gasteiger partial charge in [0, 0.05) is 0 Å². The lowest BCUT2D eigenvalue weighted by molar-refractivity contribution is -0.121. The van der Waals surface area contributed by atoms with Crippen molar-refractivity contribution in [1.29, 1.82) is 0 Å². The molecule has 0 saturated carbocycles. The van der Waals surface area contributed by atoms with Crippen molar-refractivity contribution in [2.24, 2.45) is 0 Å². The zero-order valence-corrected chi connectivity index (χ0v) is 14.2. The summed E-state index contributed by atoms with van der Waals surface area (Å²) in [5.41, 5.74) is 3.44. The fourth-order valence-corrected chi connectivity index (χ4v) is 2.44. The average molecular weight is 336 g/mol. The molecular weight excluding hydrogens is 316 g/mol. The van der Waals surface area contributed by atoms with E-state index in [0.717, 1.165) is 17.2 Å². The summed E-state index contributed by atoms with van der Waals surface area (Å²) in [6.07, 6.45) is 2.29. The number of hydrogen-bond donors (Lipinski definition) is 2. The minimum atomic E-state index is -0.343. The van der Waals surface area contributed by atoms with Gasteiger partial charge in [-0.3, -0.25) is 9.59 Å². The Kier molecular flexibility index (Phi) is 5.55. The second kappa shape index (κ2) is 7.62. The zero-order valence-electron chi connectivity index (χ0n) is 14.2. The van der Waals surface area contributed by atoms with E-state index < -0.39 is 0 Å². The number of benzene rings is 2. The Bertz CT molecular complexity index is 822. The molecule has 0 aromatic heterocycles. The van der Waals surface area contributed by atoms with Gasteiger partial charge in [-0.05, 0) is 78.1 Å². The molecule has 0 spiro atoms. The molecule has 0 heterocycles. The van der Waals surface area contributed by atoms with E-state index in [0.29, 0.717) is 16.7 Å². The Morgan fingerprint density at radius 1 is 0.920 bits per heavy atom. The molecule has 2 aromatic carbocycles. The number of allylic oxidation sites excluding steroid dienone is 2. The van der Waals surface area contributed by atoms with Gasteiger partial charge >= 0.3 is 0 Å². The fraction of sp³-hybridized carbons (Fsp3) is 0.143. The molecule has 2 N–H and O–H groups in total. The third-order valence-electron chi connectivity index (χ3n) is 3.90. The topological polar surface area (TPSA) is 74.6 Å². The van der Waals surface area contributed by atoms with Gasteiger partial charge in [-0.25, -0.2) is 0 Å². The Balaban J connectivity index is 2.55. The molecule has 2 aromatic rings. The van der Waals surface area contributed by atoms with Crippen molar-refractivity contribution in [2.75, 3.05) is 0 Å². The number of aromatic hydroxyl groups is 2. The maximum atomic E-state index is 12.2. The molecule has 0 bridgehead atoms. The van der Waals surface area contributed by atoms with Gasteiger partial charge in [-0.15, -0.1) is 0 Å². The first kappa shape index (κ1) is 18.2. The maximum Gasteiger partial charge on any atom is 0.164 e. The molecule has 0 unspecified atom stereocenters. The van der Waals surface area contributed by atoms with Crippen LogP contribution < -0.4 is 0 Å². The van der Waals surface area contributed by atoms with Gasteiger partial charge in [0.2, 0.25) is 0 Å². The van der Waals surface area contributed by atoms with Gasteiger partial charge in [-0.2, -0.15) is 0 Å². The number of rotatable bonds is 6. The molecule has 4 heteroatoms. The summed E-state index contributed by atoms with van der Waals surface area (Å²) in [6, 6.07) is 10.1. The number of hydrogen-bond acceptors (Lipinski definition) is 4. The summed E-state index contributed by atoms with van der Waals surface area (Å²) in [5.74, 6) is -0.350. The number of aryl methyl sites for hydroxylation is 2. The molecule has 0 aliphatic rings. The quantitative estimate of drug-likeness (QED) is 0.620. The number of carbonyl (C=O) groups is 2. The summed E-state index contributed by atoms with van der Waals surface area (Å²) in [7, 11) is 0. The third kappa shape index (κ3) is 4.44. The second-order valence-corrected chi connectivity index (χ2v) is 5.87. The zero-order chi connectivity index (χ0) is 18.6. The van der Waals surface area contributed by atoms with Gasteiger partial charge in [0.05, 0.1) is 6.42 Å². The lowest BCUT2D eigenvalue weighted by Crippen LogP contribution is -2.03. The molecule has 0 atom stereocenters. The van der Waals surface area contributed by atoms with E-state index in [4.69, 9.17) is 0 Å². The minimum absolute atomic E-state index is 0.165. The van der Waals surface area contributed by atoms with Crippen molar-refractivity contribution < 1.29 is 19.8 Å². The molecule has 4 nitrogen and oxygen atoms in total. The van der Waals surface area contributed by atoms with E-state index in [-0.39, 0.29) is 29.5 Å². The highest BCUT2D eigenvalue weighted by atomic mass is 16.3. The molecule has 0 saturated heterocycles. The molecule has 2 rings (SSSR count). The van der Waals surface area contributed by atoms with Gasteiger partial charge in [0.25, 0.3) is 0 Å². The highest BCUT2D eigenvalue weighted by molar-refractivity contribution is 6.11. The Morgan fingerprint density at radius 2 is 1.40 bits per heavy atom. The van der Waals surface area contributed by atoms with Crippen LogP contribution in [0.4, 0.5) is 0 Å². The standard InChI is InChI=1S/C21H20O4/c1-4-17(22)11-18(23)12-19(15-5-7-20(24)13(2)9-15)16-6-8-21(25)14(3)10-16/h4-10,12,24-25H,1,11H2,2-3H3. The van der Waals surface area contributed by atoms with Crippen LogP contribution in [0.15, 0.2) is 55.1 Å². The summed E-state index contributed by atoms with van der Waals surface area (Å²) in [6.45, 7) is 6.90. The van der Waals surface area contributed by atoms with Crippen molar-refractivity contribution >= 4 is 17.1 Å². The lowest BCUT2D eigenvalue weighted by Gasteiger charge is -2.12. The van der Waals surface area contributed by atoms with Crippen molar-refractivity contribution in [3.8, 4) is 11.5 Å². The van der Waals surface area contributed by atoms with Gasteiger partial charge < -0.3 is 10.2 Å². The predicted molar refractivity (Wildman–Crippen MR) is 97.6 cm³/mol. The van der Waals surface area contributed by atoms with Crippen LogP contribution in [0.2, 0.25) is 0 Å². The SMILES string of the molecule is C=CC(=O)CC(=O)C=C(c1ccc(O)c(C)c1)c1ccc(O)c(C)c1. The lowest BCUT2D eigenvalue weighted by atomic mass is 9.93. The van der Waals surface area contributed by atoms with Crippen LogP contribution in [0, 0.1) is 13.8 Å². The van der Waals surface area contributed by atoms with E-state index in [1.54, 1.807) is 50.2 Å². The monoisotopic (exact) mass is 336 g/mol. The van der Waals surface area contributed by atoms with Gasteiger partial charge in [0.1, 0.15) is 11.5 Å². The van der Waals surface area contributed by atoms with E-state index >= 15 is 0 Å². The number of phenolic OH excluding ortho intramolecular Hbond substituents is 2. The van der Waals surface area contributed by atoms with E-state index in [1.165, 1.54) is 6.08 Å². The summed E-state index contributed by atoms with van der Waals surface area (Å²) < 4.78 is 0. The molecule has 0 fully saturated rings. The molecule has 0 aliphatic heterocycles.